The van der Waals surface area contributed by atoms with Crippen LogP contribution in [0.2, 0.25) is 0 Å². The third kappa shape index (κ3) is 1.53. The zero-order valence-electron chi connectivity index (χ0n) is 8.57. The molecule has 0 saturated carbocycles. The fraction of sp³-hybridized carbons (Fsp3) is 0.333. The van der Waals surface area contributed by atoms with Crippen molar-refractivity contribution in [2.45, 2.75) is 19.4 Å². The molecule has 2 rings (SSSR count). The summed E-state index contributed by atoms with van der Waals surface area (Å²) < 4.78 is 2.10. The van der Waals surface area contributed by atoms with Gasteiger partial charge in [0, 0.05) is 24.1 Å². The van der Waals surface area contributed by atoms with E-state index >= 15 is 0 Å². The molecule has 1 aromatic heterocycles. The Morgan fingerprint density at radius 2 is 2.14 bits per heavy atom. The van der Waals surface area contributed by atoms with E-state index in [0.29, 0.717) is 0 Å². The first-order chi connectivity index (χ1) is 6.68. The van der Waals surface area contributed by atoms with Gasteiger partial charge in [0.2, 0.25) is 0 Å². The van der Waals surface area contributed by atoms with Crippen molar-refractivity contribution in [1.29, 1.82) is 0 Å². The Bertz CT molecular complexity index is 443. The summed E-state index contributed by atoms with van der Waals surface area (Å²) in [5, 5.41) is 10.6. The molecule has 2 heteroatoms. The van der Waals surface area contributed by atoms with E-state index < -0.39 is 0 Å². The van der Waals surface area contributed by atoms with Gasteiger partial charge >= 0.3 is 0 Å². The monoisotopic (exact) mass is 189 g/mol. The number of rotatable bonds is 2. The van der Waals surface area contributed by atoms with Gasteiger partial charge in [-0.2, -0.15) is 0 Å². The lowest BCUT2D eigenvalue weighted by molar-refractivity contribution is 0.196. The molecule has 1 aromatic carbocycles. The van der Waals surface area contributed by atoms with Crippen LogP contribution in [0.5, 0.6) is 0 Å². The molecular weight excluding hydrogens is 174 g/mol. The highest BCUT2D eigenvalue weighted by atomic mass is 16.3. The highest BCUT2D eigenvalue weighted by Crippen LogP contribution is 2.20. The summed E-state index contributed by atoms with van der Waals surface area (Å²) in [5.41, 5.74) is 2.45. The number of hydrogen-bond donors (Lipinski definition) is 1. The van der Waals surface area contributed by atoms with Gasteiger partial charge in [-0.3, -0.25) is 0 Å². The van der Waals surface area contributed by atoms with Gasteiger partial charge in [-0.05, 0) is 31.0 Å². The lowest BCUT2D eigenvalue weighted by atomic mass is 10.0. The summed E-state index contributed by atoms with van der Waals surface area (Å²) in [7, 11) is 2.04. The van der Waals surface area contributed by atoms with E-state index in [1.54, 1.807) is 0 Å². The topological polar surface area (TPSA) is 25.2 Å². The Kier molecular flexibility index (Phi) is 2.30. The molecule has 1 N–H and O–H groups in total. The summed E-state index contributed by atoms with van der Waals surface area (Å²) in [6.07, 6.45) is 2.50. The molecule has 0 fully saturated rings. The highest BCUT2D eigenvalue weighted by Gasteiger charge is 2.05. The number of aryl methyl sites for hydroxylation is 1. The van der Waals surface area contributed by atoms with Gasteiger partial charge in [0.15, 0.2) is 0 Å². The van der Waals surface area contributed by atoms with Crippen LogP contribution in [0.4, 0.5) is 0 Å². The summed E-state index contributed by atoms with van der Waals surface area (Å²) in [5.74, 6) is 0. The minimum absolute atomic E-state index is 0.277. The summed E-state index contributed by atoms with van der Waals surface area (Å²) >= 11 is 0. The zero-order valence-corrected chi connectivity index (χ0v) is 8.57. The number of aromatic nitrogens is 1. The first kappa shape index (κ1) is 9.28. The van der Waals surface area contributed by atoms with Crippen molar-refractivity contribution in [1.82, 2.24) is 4.57 Å². The summed E-state index contributed by atoms with van der Waals surface area (Å²) in [4.78, 5) is 0. The van der Waals surface area contributed by atoms with Gasteiger partial charge in [0.25, 0.3) is 0 Å². The number of fused-ring (bicyclic) bond motifs is 1. The molecule has 0 amide bonds. The van der Waals surface area contributed by atoms with Crippen LogP contribution in [0.1, 0.15) is 12.5 Å². The summed E-state index contributed by atoms with van der Waals surface area (Å²) in [6.45, 7) is 1.82. The van der Waals surface area contributed by atoms with E-state index in [-0.39, 0.29) is 6.10 Å². The molecule has 0 spiro atoms. The molecule has 0 saturated heterocycles. The molecule has 0 bridgehead atoms. The maximum Gasteiger partial charge on any atom is 0.0552 e. The number of aliphatic hydroxyl groups is 1. The normalized spacial score (nSPS) is 13.4. The Morgan fingerprint density at radius 3 is 2.86 bits per heavy atom. The fourth-order valence-electron chi connectivity index (χ4n) is 1.86. The quantitative estimate of drug-likeness (QED) is 0.769. The van der Waals surface area contributed by atoms with Crippen LogP contribution < -0.4 is 0 Å². The molecule has 0 radical (unpaired) electrons. The predicted molar refractivity (Wildman–Crippen MR) is 58.3 cm³/mol. The Morgan fingerprint density at radius 1 is 1.36 bits per heavy atom. The third-order valence-corrected chi connectivity index (χ3v) is 2.53. The maximum absolute atomic E-state index is 9.37. The largest absolute Gasteiger partial charge is 0.393 e. The summed E-state index contributed by atoms with van der Waals surface area (Å²) in [6, 6.07) is 8.32. The average molecular weight is 189 g/mol. The number of hydrogen-bond acceptors (Lipinski definition) is 1. The van der Waals surface area contributed by atoms with E-state index in [1.165, 1.54) is 16.5 Å². The predicted octanol–water partition coefficient (Wildman–Crippen LogP) is 2.10. The average Bonchev–Trinajstić information content (AvgIpc) is 2.49. The van der Waals surface area contributed by atoms with Gasteiger partial charge in [-0.1, -0.05) is 12.1 Å². The molecule has 0 aliphatic heterocycles. The van der Waals surface area contributed by atoms with Crippen molar-refractivity contribution in [3.63, 3.8) is 0 Å². The van der Waals surface area contributed by atoms with Gasteiger partial charge in [-0.15, -0.1) is 0 Å². The number of benzene rings is 1. The Labute approximate surface area is 83.8 Å². The van der Waals surface area contributed by atoms with E-state index in [2.05, 4.69) is 29.0 Å². The highest BCUT2D eigenvalue weighted by molar-refractivity contribution is 5.83. The van der Waals surface area contributed by atoms with Crippen LogP contribution in [0.25, 0.3) is 10.9 Å². The minimum Gasteiger partial charge on any atom is -0.393 e. The van der Waals surface area contributed by atoms with Crippen LogP contribution >= 0.6 is 0 Å². The maximum atomic E-state index is 9.37. The third-order valence-electron chi connectivity index (χ3n) is 2.53. The van der Waals surface area contributed by atoms with E-state index in [4.69, 9.17) is 0 Å². The molecule has 1 atom stereocenters. The molecule has 14 heavy (non-hydrogen) atoms. The van der Waals surface area contributed by atoms with Crippen molar-refractivity contribution in [2.24, 2.45) is 7.05 Å². The second-order valence-corrected chi connectivity index (χ2v) is 3.83. The van der Waals surface area contributed by atoms with Crippen molar-refractivity contribution in [3.8, 4) is 0 Å². The first-order valence-corrected chi connectivity index (χ1v) is 4.89. The number of nitrogens with zero attached hydrogens (tertiary/aromatic N) is 1. The van der Waals surface area contributed by atoms with Crippen LogP contribution in [-0.2, 0) is 13.5 Å². The van der Waals surface area contributed by atoms with Crippen molar-refractivity contribution >= 4 is 10.9 Å². The molecule has 74 valence electrons. The van der Waals surface area contributed by atoms with E-state index in [1.807, 2.05) is 20.0 Å². The molecule has 0 aliphatic rings. The minimum atomic E-state index is -0.277. The Hall–Kier alpha value is -1.28. The van der Waals surface area contributed by atoms with Gasteiger partial charge in [0.1, 0.15) is 0 Å². The van der Waals surface area contributed by atoms with Gasteiger partial charge in [0.05, 0.1) is 6.10 Å². The molecular formula is C12H15NO. The molecule has 2 nitrogen and oxygen atoms in total. The second-order valence-electron chi connectivity index (χ2n) is 3.83. The van der Waals surface area contributed by atoms with Crippen LogP contribution in [-0.4, -0.2) is 15.8 Å². The van der Waals surface area contributed by atoms with Crippen LogP contribution in [0, 0.1) is 0 Å². The lowest BCUT2D eigenvalue weighted by Gasteiger charge is -2.06. The van der Waals surface area contributed by atoms with Crippen molar-refractivity contribution < 1.29 is 5.11 Å². The van der Waals surface area contributed by atoms with Crippen LogP contribution in [0.15, 0.2) is 30.5 Å². The smallest absolute Gasteiger partial charge is 0.0552 e. The standard InChI is InChI=1S/C12H15NO/c1-9(14)8-10-4-3-5-12-11(10)6-7-13(12)2/h3-7,9,14H,8H2,1-2H3/t9-/m0/s1. The van der Waals surface area contributed by atoms with Crippen molar-refractivity contribution in [3.05, 3.63) is 36.0 Å². The molecule has 1 heterocycles. The molecule has 0 unspecified atom stereocenters. The number of aliphatic hydroxyl groups excluding tert-OH is 1. The zero-order chi connectivity index (χ0) is 10.1. The van der Waals surface area contributed by atoms with Gasteiger partial charge in [-0.25, -0.2) is 0 Å². The Balaban J connectivity index is 2.54. The fourth-order valence-corrected chi connectivity index (χ4v) is 1.86. The lowest BCUT2D eigenvalue weighted by Crippen LogP contribution is -2.04. The second kappa shape index (κ2) is 3.46. The van der Waals surface area contributed by atoms with Crippen molar-refractivity contribution in [2.75, 3.05) is 0 Å². The van der Waals surface area contributed by atoms with E-state index in [9.17, 15) is 5.11 Å². The molecule has 0 aliphatic carbocycles. The molecule has 2 aromatic rings. The SMILES string of the molecule is C[C@H](O)Cc1cccc2c1ccn2C. The van der Waals surface area contributed by atoms with E-state index in [0.717, 1.165) is 6.42 Å². The van der Waals surface area contributed by atoms with Crippen LogP contribution in [0.3, 0.4) is 0 Å². The van der Waals surface area contributed by atoms with Gasteiger partial charge < -0.3 is 9.67 Å². The first-order valence-electron chi connectivity index (χ1n) is 4.89.